The molecule has 1 radical (unpaired) electrons. The Kier molecular flexibility index (Phi) is 5.04. The molecule has 0 aliphatic rings. The van der Waals surface area contributed by atoms with Crippen LogP contribution < -0.4 is 0 Å². The molecule has 1 N–H and O–H groups in total. The molecule has 1 aromatic carbocycles. The molecule has 3 nitrogen and oxygen atoms in total. The van der Waals surface area contributed by atoms with Crippen LogP contribution in [0, 0.1) is 0 Å². The van der Waals surface area contributed by atoms with Gasteiger partial charge in [-0.15, -0.1) is 0 Å². The standard InChI is InChI=1S/C6H6O3S.K/c7-10(8,9)6-4-2-1-3-5-6;/h1-5H,(H,7,8,9);. The van der Waals surface area contributed by atoms with Crippen molar-refractivity contribution in [1.82, 2.24) is 0 Å². The monoisotopic (exact) mass is 197 g/mol. The summed E-state index contributed by atoms with van der Waals surface area (Å²) >= 11 is 0. The largest absolute Gasteiger partial charge is 0.294 e. The summed E-state index contributed by atoms with van der Waals surface area (Å²) in [7, 11) is -4.00. The Labute approximate surface area is 108 Å². The van der Waals surface area contributed by atoms with E-state index >= 15 is 0 Å². The summed E-state index contributed by atoms with van der Waals surface area (Å²) < 4.78 is 29.2. The summed E-state index contributed by atoms with van der Waals surface area (Å²) in [6.45, 7) is 0. The fourth-order valence-corrected chi connectivity index (χ4v) is 1.09. The first kappa shape index (κ1) is 11.8. The summed E-state index contributed by atoms with van der Waals surface area (Å²) in [6, 6.07) is 7.42. The molecule has 0 atom stereocenters. The maximum Gasteiger partial charge on any atom is 0.294 e. The van der Waals surface area contributed by atoms with Crippen LogP contribution in [0.1, 0.15) is 0 Å². The normalized spacial score (nSPS) is 10.3. The average Bonchev–Trinajstić information content (AvgIpc) is 1.88. The van der Waals surface area contributed by atoms with Gasteiger partial charge in [-0.25, -0.2) is 0 Å². The second-order valence-corrected chi connectivity index (χ2v) is 3.21. The van der Waals surface area contributed by atoms with Gasteiger partial charge in [-0.3, -0.25) is 4.55 Å². The van der Waals surface area contributed by atoms with Crippen molar-refractivity contribution in [3.63, 3.8) is 0 Å². The molecule has 0 saturated heterocycles. The van der Waals surface area contributed by atoms with E-state index in [2.05, 4.69) is 0 Å². The molecule has 1 aromatic rings. The van der Waals surface area contributed by atoms with E-state index in [0.29, 0.717) is 0 Å². The van der Waals surface area contributed by atoms with Crippen LogP contribution in [-0.2, 0) is 10.1 Å². The summed E-state index contributed by atoms with van der Waals surface area (Å²) in [4.78, 5) is -0.0741. The van der Waals surface area contributed by atoms with Crippen molar-refractivity contribution in [3.05, 3.63) is 30.3 Å². The number of hydrogen-bond donors (Lipinski definition) is 1. The van der Waals surface area contributed by atoms with E-state index in [1.165, 1.54) is 12.1 Å². The van der Waals surface area contributed by atoms with E-state index < -0.39 is 10.1 Å². The predicted octanol–water partition coefficient (Wildman–Crippen LogP) is 0.553. The molecule has 0 fully saturated rings. The van der Waals surface area contributed by atoms with Gasteiger partial charge in [0.15, 0.2) is 0 Å². The van der Waals surface area contributed by atoms with Gasteiger partial charge in [0.25, 0.3) is 10.1 Å². The second-order valence-electron chi connectivity index (χ2n) is 1.79. The van der Waals surface area contributed by atoms with Crippen molar-refractivity contribution in [2.24, 2.45) is 0 Å². The third-order valence-electron chi connectivity index (χ3n) is 1.04. The SMILES string of the molecule is O=S(=O)(O)c1ccccc1.[K]. The third-order valence-corrected chi connectivity index (χ3v) is 1.91. The zero-order chi connectivity index (χ0) is 7.61. The van der Waals surface area contributed by atoms with Crippen molar-refractivity contribution < 1.29 is 13.0 Å². The zero-order valence-electron chi connectivity index (χ0n) is 6.06. The molecule has 11 heavy (non-hydrogen) atoms. The van der Waals surface area contributed by atoms with E-state index in [-0.39, 0.29) is 56.3 Å². The van der Waals surface area contributed by atoms with Crippen LogP contribution in [0.2, 0.25) is 0 Å². The van der Waals surface area contributed by atoms with Gasteiger partial charge >= 0.3 is 0 Å². The van der Waals surface area contributed by atoms with Gasteiger partial charge in [0.2, 0.25) is 0 Å². The molecule has 0 aromatic heterocycles. The molecule has 0 saturated carbocycles. The third kappa shape index (κ3) is 3.79. The van der Waals surface area contributed by atoms with Gasteiger partial charge in [-0.2, -0.15) is 8.42 Å². The van der Waals surface area contributed by atoms with Gasteiger partial charge in [0, 0.05) is 51.4 Å². The summed E-state index contributed by atoms with van der Waals surface area (Å²) in [5.41, 5.74) is 0. The Morgan fingerprint density at radius 1 is 1.09 bits per heavy atom. The van der Waals surface area contributed by atoms with E-state index in [9.17, 15) is 8.42 Å². The van der Waals surface area contributed by atoms with Gasteiger partial charge in [-0.05, 0) is 12.1 Å². The van der Waals surface area contributed by atoms with Crippen LogP contribution in [0.25, 0.3) is 0 Å². The first-order valence-electron chi connectivity index (χ1n) is 2.63. The van der Waals surface area contributed by atoms with Gasteiger partial charge < -0.3 is 0 Å². The molecule has 0 bridgehead atoms. The van der Waals surface area contributed by atoms with Gasteiger partial charge in [0.1, 0.15) is 0 Å². The van der Waals surface area contributed by atoms with Crippen molar-refractivity contribution in [3.8, 4) is 0 Å². The minimum atomic E-state index is -4.00. The van der Waals surface area contributed by atoms with Gasteiger partial charge in [-0.1, -0.05) is 18.2 Å². The van der Waals surface area contributed by atoms with Crippen LogP contribution in [0.5, 0.6) is 0 Å². The Morgan fingerprint density at radius 2 is 1.55 bits per heavy atom. The second kappa shape index (κ2) is 4.71. The number of rotatable bonds is 1. The smallest absolute Gasteiger partial charge is 0.282 e. The van der Waals surface area contributed by atoms with Crippen molar-refractivity contribution in [2.75, 3.05) is 0 Å². The Balaban J connectivity index is 0.000001000. The molecule has 55 valence electrons. The molecule has 0 spiro atoms. The quantitative estimate of drug-likeness (QED) is 0.528. The first-order valence-corrected chi connectivity index (χ1v) is 4.07. The number of benzene rings is 1. The Hall–Kier alpha value is 0.766. The molecule has 1 rings (SSSR count). The summed E-state index contributed by atoms with van der Waals surface area (Å²) in [5, 5.41) is 0. The fourth-order valence-electron chi connectivity index (χ4n) is 0.592. The maximum atomic E-state index is 10.4. The fraction of sp³-hybridized carbons (Fsp3) is 0. The molecule has 0 heterocycles. The van der Waals surface area contributed by atoms with Crippen molar-refractivity contribution in [1.29, 1.82) is 0 Å². The van der Waals surface area contributed by atoms with E-state index in [1.807, 2.05) is 0 Å². The average molecular weight is 197 g/mol. The predicted molar refractivity (Wildman–Crippen MR) is 42.0 cm³/mol. The first-order chi connectivity index (χ1) is 4.61. The van der Waals surface area contributed by atoms with Crippen LogP contribution in [0.15, 0.2) is 35.2 Å². The molecule has 5 heteroatoms. The molecule has 0 aliphatic heterocycles. The summed E-state index contributed by atoms with van der Waals surface area (Å²) in [6.07, 6.45) is 0. The maximum absolute atomic E-state index is 10.4. The van der Waals surface area contributed by atoms with Crippen LogP contribution in [-0.4, -0.2) is 64.4 Å². The molecule has 0 aliphatic carbocycles. The zero-order valence-corrected chi connectivity index (χ0v) is 10.00. The van der Waals surface area contributed by atoms with E-state index in [4.69, 9.17) is 4.55 Å². The Morgan fingerprint density at radius 3 is 1.82 bits per heavy atom. The molecular weight excluding hydrogens is 191 g/mol. The molecule has 0 unspecified atom stereocenters. The van der Waals surface area contributed by atoms with Crippen LogP contribution in [0.3, 0.4) is 0 Å². The number of hydrogen-bond acceptors (Lipinski definition) is 2. The van der Waals surface area contributed by atoms with E-state index in [1.54, 1.807) is 18.2 Å². The summed E-state index contributed by atoms with van der Waals surface area (Å²) in [5.74, 6) is 0. The van der Waals surface area contributed by atoms with Gasteiger partial charge in [0.05, 0.1) is 4.90 Å². The van der Waals surface area contributed by atoms with Crippen LogP contribution >= 0.6 is 0 Å². The molecule has 0 amide bonds. The van der Waals surface area contributed by atoms with Crippen molar-refractivity contribution >= 4 is 61.5 Å². The Bertz CT molecular complexity index is 306. The van der Waals surface area contributed by atoms with Crippen LogP contribution in [0.4, 0.5) is 0 Å². The minimum Gasteiger partial charge on any atom is -0.282 e. The topological polar surface area (TPSA) is 54.4 Å². The van der Waals surface area contributed by atoms with Crippen molar-refractivity contribution in [2.45, 2.75) is 4.90 Å². The molecular formula is C6H6KO3S. The minimum absolute atomic E-state index is 0. The van der Waals surface area contributed by atoms with E-state index in [0.717, 1.165) is 0 Å².